The summed E-state index contributed by atoms with van der Waals surface area (Å²) in [6, 6.07) is 0.0566. The van der Waals surface area contributed by atoms with Crippen LogP contribution < -0.4 is 11.5 Å². The summed E-state index contributed by atoms with van der Waals surface area (Å²) in [5.74, 6) is -0.467. The number of amidine groups is 1. The summed E-state index contributed by atoms with van der Waals surface area (Å²) in [5.41, 5.74) is 12.9. The molecule has 0 saturated heterocycles. The zero-order valence-electron chi connectivity index (χ0n) is 14.2. The molecule has 1 spiro atoms. The zero-order chi connectivity index (χ0) is 17.5. The first-order valence-corrected chi connectivity index (χ1v) is 9.23. The third-order valence-corrected chi connectivity index (χ3v) is 5.35. The number of hydrogen-bond acceptors (Lipinski definition) is 6. The Morgan fingerprint density at radius 3 is 2.83 bits per heavy atom. The van der Waals surface area contributed by atoms with Crippen molar-refractivity contribution < 1.29 is 4.79 Å². The molecule has 7 heteroatoms. The van der Waals surface area contributed by atoms with Gasteiger partial charge in [-0.25, -0.2) is 9.98 Å². The third kappa shape index (κ3) is 2.75. The molecule has 0 radical (unpaired) electrons. The largest absolute Gasteiger partial charge is 0.366 e. The quantitative estimate of drug-likeness (QED) is 0.805. The molecule has 3 rings (SSSR count). The SMILES string of the molecule is CSC1=NC23CC(CC(C)(C)CN)N=C2C(C(N)=O)=CC=C3C=N1. The van der Waals surface area contributed by atoms with Crippen LogP contribution in [-0.4, -0.2) is 47.4 Å². The molecule has 0 aromatic rings. The molecule has 0 saturated carbocycles. The lowest BCUT2D eigenvalue weighted by molar-refractivity contribution is -0.114. The predicted molar refractivity (Wildman–Crippen MR) is 101 cm³/mol. The molecule has 1 amide bonds. The van der Waals surface area contributed by atoms with Gasteiger partial charge in [0, 0.05) is 18.2 Å². The van der Waals surface area contributed by atoms with Gasteiger partial charge in [0.15, 0.2) is 5.17 Å². The molecule has 24 heavy (non-hydrogen) atoms. The molecule has 1 aliphatic carbocycles. The van der Waals surface area contributed by atoms with E-state index in [0.29, 0.717) is 23.0 Å². The number of aliphatic imine (C=N–C) groups is 3. The van der Waals surface area contributed by atoms with Crippen LogP contribution in [0.4, 0.5) is 0 Å². The maximum Gasteiger partial charge on any atom is 0.250 e. The van der Waals surface area contributed by atoms with Gasteiger partial charge in [-0.15, -0.1) is 0 Å². The molecule has 0 aromatic heterocycles. The zero-order valence-corrected chi connectivity index (χ0v) is 15.1. The highest BCUT2D eigenvalue weighted by atomic mass is 32.2. The lowest BCUT2D eigenvalue weighted by Crippen LogP contribution is -2.44. The predicted octanol–water partition coefficient (Wildman–Crippen LogP) is 1.47. The number of allylic oxidation sites excluding steroid dienone is 2. The van der Waals surface area contributed by atoms with Gasteiger partial charge < -0.3 is 11.5 Å². The topological polar surface area (TPSA) is 106 Å². The fraction of sp³-hybridized carbons (Fsp3) is 0.529. The molecule has 6 nitrogen and oxygen atoms in total. The van der Waals surface area contributed by atoms with E-state index >= 15 is 0 Å². The minimum atomic E-state index is -0.630. The van der Waals surface area contributed by atoms with Crippen LogP contribution in [-0.2, 0) is 4.79 Å². The van der Waals surface area contributed by atoms with Crippen molar-refractivity contribution in [1.82, 2.24) is 0 Å². The summed E-state index contributed by atoms with van der Waals surface area (Å²) in [6.07, 6.45) is 8.96. The minimum absolute atomic E-state index is 0.0197. The van der Waals surface area contributed by atoms with Gasteiger partial charge in [-0.05, 0) is 30.7 Å². The van der Waals surface area contributed by atoms with E-state index in [1.165, 1.54) is 11.8 Å². The number of carbonyl (C=O) groups excluding carboxylic acids is 1. The Balaban J connectivity index is 2.06. The first-order chi connectivity index (χ1) is 11.3. The fourth-order valence-electron chi connectivity index (χ4n) is 3.48. The highest BCUT2D eigenvalue weighted by molar-refractivity contribution is 8.13. The number of primary amides is 1. The van der Waals surface area contributed by atoms with Gasteiger partial charge in [-0.3, -0.25) is 9.79 Å². The van der Waals surface area contributed by atoms with Crippen LogP contribution >= 0.6 is 11.8 Å². The lowest BCUT2D eigenvalue weighted by atomic mass is 9.75. The van der Waals surface area contributed by atoms with E-state index in [9.17, 15) is 4.79 Å². The average Bonchev–Trinajstić information content (AvgIpc) is 2.88. The summed E-state index contributed by atoms with van der Waals surface area (Å²) < 4.78 is 0. The summed E-state index contributed by atoms with van der Waals surface area (Å²) in [6.45, 7) is 4.85. The second-order valence-electron chi connectivity index (χ2n) is 7.19. The molecule has 2 heterocycles. The Bertz CT molecular complexity index is 731. The number of carbonyl (C=O) groups is 1. The molecule has 2 unspecified atom stereocenters. The van der Waals surface area contributed by atoms with Gasteiger partial charge in [0.2, 0.25) is 0 Å². The summed E-state index contributed by atoms with van der Waals surface area (Å²) >= 11 is 1.49. The second kappa shape index (κ2) is 5.97. The molecular formula is C17H23N5OS. The Kier molecular flexibility index (Phi) is 4.25. The molecule has 0 bridgehead atoms. The van der Waals surface area contributed by atoms with Crippen molar-refractivity contribution in [3.8, 4) is 0 Å². The van der Waals surface area contributed by atoms with Crippen molar-refractivity contribution in [3.05, 3.63) is 23.3 Å². The van der Waals surface area contributed by atoms with Crippen LogP contribution in [0.2, 0.25) is 0 Å². The van der Waals surface area contributed by atoms with Crippen LogP contribution in [0.5, 0.6) is 0 Å². The second-order valence-corrected chi connectivity index (χ2v) is 7.97. The number of rotatable bonds is 4. The van der Waals surface area contributed by atoms with Crippen LogP contribution in [0.25, 0.3) is 0 Å². The number of thioether (sulfide) groups is 1. The van der Waals surface area contributed by atoms with E-state index in [0.717, 1.165) is 18.4 Å². The van der Waals surface area contributed by atoms with Crippen molar-refractivity contribution in [1.29, 1.82) is 0 Å². The van der Waals surface area contributed by atoms with Crippen LogP contribution in [0, 0.1) is 5.41 Å². The number of hydrogen-bond donors (Lipinski definition) is 2. The highest BCUT2D eigenvalue weighted by Gasteiger charge is 2.51. The van der Waals surface area contributed by atoms with Gasteiger partial charge in [0.25, 0.3) is 5.91 Å². The Morgan fingerprint density at radius 2 is 2.21 bits per heavy atom. The minimum Gasteiger partial charge on any atom is -0.366 e. The van der Waals surface area contributed by atoms with Crippen molar-refractivity contribution in [3.63, 3.8) is 0 Å². The molecule has 0 fully saturated rings. The van der Waals surface area contributed by atoms with Crippen molar-refractivity contribution in [2.75, 3.05) is 12.8 Å². The van der Waals surface area contributed by atoms with Crippen molar-refractivity contribution in [2.45, 2.75) is 38.3 Å². The highest BCUT2D eigenvalue weighted by Crippen LogP contribution is 2.44. The van der Waals surface area contributed by atoms with Gasteiger partial charge in [-0.1, -0.05) is 31.7 Å². The van der Waals surface area contributed by atoms with Crippen molar-refractivity contribution in [2.24, 2.45) is 31.9 Å². The maximum atomic E-state index is 11.9. The van der Waals surface area contributed by atoms with E-state index in [-0.39, 0.29) is 11.5 Å². The van der Waals surface area contributed by atoms with Crippen LogP contribution in [0.15, 0.2) is 38.3 Å². The lowest BCUT2D eigenvalue weighted by Gasteiger charge is -2.34. The smallest absolute Gasteiger partial charge is 0.250 e. The molecule has 128 valence electrons. The molecule has 2 aliphatic heterocycles. The van der Waals surface area contributed by atoms with E-state index in [1.54, 1.807) is 6.08 Å². The molecular weight excluding hydrogens is 322 g/mol. The van der Waals surface area contributed by atoms with Gasteiger partial charge in [-0.2, -0.15) is 0 Å². The molecule has 4 N–H and O–H groups in total. The summed E-state index contributed by atoms with van der Waals surface area (Å²) in [4.78, 5) is 26.0. The molecule has 0 aromatic carbocycles. The summed E-state index contributed by atoms with van der Waals surface area (Å²) in [7, 11) is 0. The average molecular weight is 345 g/mol. The monoisotopic (exact) mass is 345 g/mol. The fourth-order valence-corrected chi connectivity index (χ4v) is 3.88. The van der Waals surface area contributed by atoms with E-state index in [1.807, 2.05) is 18.5 Å². The normalized spacial score (nSPS) is 28.4. The standard InChI is InChI=1S/C17H23N5OS/c1-16(2,9-18)6-11-7-17-10(8-20-15(22-17)24-3)4-5-12(14(19)23)13(17)21-11/h4-5,8,11H,6-7,9,18H2,1-3H3,(H2,19,23). The van der Waals surface area contributed by atoms with Crippen LogP contribution in [0.1, 0.15) is 26.7 Å². The first kappa shape index (κ1) is 17.1. The van der Waals surface area contributed by atoms with E-state index < -0.39 is 11.4 Å². The van der Waals surface area contributed by atoms with Crippen molar-refractivity contribution >= 4 is 34.8 Å². The van der Waals surface area contributed by atoms with Gasteiger partial charge >= 0.3 is 0 Å². The van der Waals surface area contributed by atoms with Gasteiger partial charge in [0.1, 0.15) is 5.54 Å². The van der Waals surface area contributed by atoms with E-state index in [4.69, 9.17) is 21.5 Å². The Labute approximate surface area is 146 Å². The molecule has 2 atom stereocenters. The van der Waals surface area contributed by atoms with E-state index in [2.05, 4.69) is 18.8 Å². The number of nitrogens with two attached hydrogens (primary N) is 2. The molecule has 3 aliphatic rings. The Morgan fingerprint density at radius 1 is 1.46 bits per heavy atom. The maximum absolute atomic E-state index is 11.9. The van der Waals surface area contributed by atoms with Gasteiger partial charge in [0.05, 0.1) is 17.3 Å². The Hall–Kier alpha value is -1.73. The first-order valence-electron chi connectivity index (χ1n) is 8.00. The summed E-state index contributed by atoms with van der Waals surface area (Å²) in [5, 5.41) is 0.698. The number of nitrogens with zero attached hydrogens (tertiary/aromatic N) is 3. The number of amides is 1. The van der Waals surface area contributed by atoms with Crippen LogP contribution in [0.3, 0.4) is 0 Å². The third-order valence-electron chi connectivity index (χ3n) is 4.79.